The summed E-state index contributed by atoms with van der Waals surface area (Å²) in [5.41, 5.74) is 1.41. The molecule has 1 aromatic carbocycles. The highest BCUT2D eigenvalue weighted by Crippen LogP contribution is 2.16. The number of amides is 3. The number of urea groups is 1. The summed E-state index contributed by atoms with van der Waals surface area (Å²) in [5, 5.41) is 15.2. The molecule has 138 valence electrons. The number of nitrogens with one attached hydrogen (secondary N) is 2. The number of carbonyl (C=O) groups is 2. The van der Waals surface area contributed by atoms with Crippen LogP contribution in [-0.2, 0) is 4.79 Å². The maximum Gasteiger partial charge on any atom is 0.322 e. The first-order valence-electron chi connectivity index (χ1n) is 8.77. The Morgan fingerprint density at radius 1 is 1.20 bits per heavy atom. The molecule has 0 aliphatic carbocycles. The van der Waals surface area contributed by atoms with Crippen molar-refractivity contribution >= 4 is 23.3 Å². The molecular formula is C18H28N4O3. The summed E-state index contributed by atoms with van der Waals surface area (Å²) in [6.45, 7) is 8.35. The minimum atomic E-state index is -0.362. The minimum Gasteiger partial charge on any atom is -0.392 e. The molecule has 7 heteroatoms. The lowest BCUT2D eigenvalue weighted by Gasteiger charge is -2.40. The van der Waals surface area contributed by atoms with Crippen LogP contribution < -0.4 is 10.6 Å². The third-order valence-corrected chi connectivity index (χ3v) is 4.24. The Morgan fingerprint density at radius 2 is 1.80 bits per heavy atom. The third-order valence-electron chi connectivity index (χ3n) is 4.24. The molecule has 2 atom stereocenters. The molecule has 1 aliphatic rings. The fourth-order valence-electron chi connectivity index (χ4n) is 2.96. The lowest BCUT2D eigenvalue weighted by Crippen LogP contribution is -2.56. The van der Waals surface area contributed by atoms with Gasteiger partial charge in [0.1, 0.15) is 0 Å². The zero-order valence-electron chi connectivity index (χ0n) is 15.2. The molecule has 0 radical (unpaired) electrons. The van der Waals surface area contributed by atoms with Gasteiger partial charge in [0.05, 0.1) is 6.10 Å². The molecule has 0 saturated carbocycles. The standard InChI is InChI=1S/C18H28N4O3/c1-4-17(24)19-15-5-7-16(8-6-15)20-18(25)22-10-9-21(11-13(22)2)12-14(3)23/h5-8,13-14,23H,4,9-12H2,1-3H3,(H,19,24)(H,20,25)/t13-,14-/m0/s1. The van der Waals surface area contributed by atoms with E-state index in [4.69, 9.17) is 0 Å². The summed E-state index contributed by atoms with van der Waals surface area (Å²) in [5.74, 6) is -0.0410. The van der Waals surface area contributed by atoms with Gasteiger partial charge in [0.2, 0.25) is 5.91 Å². The van der Waals surface area contributed by atoms with Crippen molar-refractivity contribution in [3.8, 4) is 0 Å². The lowest BCUT2D eigenvalue weighted by molar-refractivity contribution is -0.115. The normalized spacial score (nSPS) is 19.4. The van der Waals surface area contributed by atoms with Gasteiger partial charge in [-0.25, -0.2) is 4.79 Å². The first-order valence-corrected chi connectivity index (χ1v) is 8.77. The average molecular weight is 348 g/mol. The van der Waals surface area contributed by atoms with E-state index < -0.39 is 0 Å². The highest BCUT2D eigenvalue weighted by atomic mass is 16.3. The van der Waals surface area contributed by atoms with Crippen LogP contribution in [0.4, 0.5) is 16.2 Å². The molecular weight excluding hydrogens is 320 g/mol. The van der Waals surface area contributed by atoms with Crippen molar-refractivity contribution in [1.29, 1.82) is 0 Å². The fourth-order valence-corrected chi connectivity index (χ4v) is 2.96. The maximum atomic E-state index is 12.5. The highest BCUT2D eigenvalue weighted by Gasteiger charge is 2.27. The van der Waals surface area contributed by atoms with Gasteiger partial charge in [0.15, 0.2) is 0 Å². The molecule has 25 heavy (non-hydrogen) atoms. The second-order valence-corrected chi connectivity index (χ2v) is 6.56. The van der Waals surface area contributed by atoms with Gasteiger partial charge in [-0.15, -0.1) is 0 Å². The van der Waals surface area contributed by atoms with E-state index in [-0.39, 0.29) is 24.1 Å². The molecule has 3 N–H and O–H groups in total. The van der Waals surface area contributed by atoms with Crippen LogP contribution in [0.3, 0.4) is 0 Å². The van der Waals surface area contributed by atoms with Crippen molar-refractivity contribution in [2.24, 2.45) is 0 Å². The van der Waals surface area contributed by atoms with Crippen LogP contribution in [0.25, 0.3) is 0 Å². The molecule has 0 bridgehead atoms. The smallest absolute Gasteiger partial charge is 0.322 e. The van der Waals surface area contributed by atoms with Crippen molar-refractivity contribution in [3.63, 3.8) is 0 Å². The Bertz CT molecular complexity index is 588. The number of nitrogens with zero attached hydrogens (tertiary/aromatic N) is 2. The van der Waals surface area contributed by atoms with Gasteiger partial charge in [-0.3, -0.25) is 9.69 Å². The number of aliphatic hydroxyl groups is 1. The second kappa shape index (κ2) is 8.82. The third kappa shape index (κ3) is 5.72. The second-order valence-electron chi connectivity index (χ2n) is 6.56. The predicted octanol–water partition coefficient (Wildman–Crippen LogP) is 1.95. The molecule has 1 fully saturated rings. The quantitative estimate of drug-likeness (QED) is 0.759. The number of aliphatic hydroxyl groups excluding tert-OH is 1. The zero-order chi connectivity index (χ0) is 18.4. The molecule has 0 unspecified atom stereocenters. The van der Waals surface area contributed by atoms with Crippen LogP contribution in [0.2, 0.25) is 0 Å². The highest BCUT2D eigenvalue weighted by molar-refractivity contribution is 5.92. The Kier molecular flexibility index (Phi) is 6.78. The molecule has 0 spiro atoms. The monoisotopic (exact) mass is 348 g/mol. The van der Waals surface area contributed by atoms with E-state index >= 15 is 0 Å². The van der Waals surface area contributed by atoms with Crippen LogP contribution in [0.5, 0.6) is 0 Å². The summed E-state index contributed by atoms with van der Waals surface area (Å²) in [4.78, 5) is 27.8. The molecule has 1 aliphatic heterocycles. The topological polar surface area (TPSA) is 84.9 Å². The van der Waals surface area contributed by atoms with Gasteiger partial charge in [-0.2, -0.15) is 0 Å². The van der Waals surface area contributed by atoms with Crippen LogP contribution in [0.1, 0.15) is 27.2 Å². The molecule has 2 rings (SSSR count). The first kappa shape index (κ1) is 19.2. The molecule has 3 amide bonds. The van der Waals surface area contributed by atoms with Gasteiger partial charge in [-0.1, -0.05) is 6.92 Å². The van der Waals surface area contributed by atoms with E-state index in [0.717, 1.165) is 13.1 Å². The summed E-state index contributed by atoms with van der Waals surface area (Å²) in [6.07, 6.45) is 0.0662. The first-order chi connectivity index (χ1) is 11.9. The number of β-amino-alcohol motifs (C(OH)–C–C–N with tert-alkyl or cyclic N) is 1. The van der Waals surface area contributed by atoms with Crippen molar-refractivity contribution in [3.05, 3.63) is 24.3 Å². The number of hydrogen-bond donors (Lipinski definition) is 3. The van der Waals surface area contributed by atoms with E-state index in [0.29, 0.717) is 30.9 Å². The van der Waals surface area contributed by atoms with Gasteiger partial charge in [0, 0.05) is 50.0 Å². The van der Waals surface area contributed by atoms with Gasteiger partial charge >= 0.3 is 6.03 Å². The molecule has 0 aromatic heterocycles. The van der Waals surface area contributed by atoms with Crippen LogP contribution in [0.15, 0.2) is 24.3 Å². The summed E-state index contributed by atoms with van der Waals surface area (Å²) in [6, 6.07) is 7.04. The Balaban J connectivity index is 1.88. The van der Waals surface area contributed by atoms with E-state index in [9.17, 15) is 14.7 Å². The molecule has 1 heterocycles. The molecule has 1 aromatic rings. The Morgan fingerprint density at radius 3 is 2.32 bits per heavy atom. The maximum absolute atomic E-state index is 12.5. The van der Waals surface area contributed by atoms with Crippen molar-refractivity contribution in [1.82, 2.24) is 9.80 Å². The van der Waals surface area contributed by atoms with Crippen molar-refractivity contribution in [2.75, 3.05) is 36.8 Å². The van der Waals surface area contributed by atoms with E-state index in [1.807, 2.05) is 11.8 Å². The van der Waals surface area contributed by atoms with Gasteiger partial charge < -0.3 is 20.6 Å². The van der Waals surface area contributed by atoms with Crippen molar-refractivity contribution in [2.45, 2.75) is 39.3 Å². The van der Waals surface area contributed by atoms with Gasteiger partial charge in [-0.05, 0) is 38.1 Å². The lowest BCUT2D eigenvalue weighted by atomic mass is 10.2. The largest absolute Gasteiger partial charge is 0.392 e. The summed E-state index contributed by atoms with van der Waals surface area (Å²) in [7, 11) is 0. The summed E-state index contributed by atoms with van der Waals surface area (Å²) < 4.78 is 0. The Hall–Kier alpha value is -2.12. The van der Waals surface area contributed by atoms with Crippen LogP contribution in [-0.4, -0.2) is 65.2 Å². The number of anilines is 2. The zero-order valence-corrected chi connectivity index (χ0v) is 15.2. The van der Waals surface area contributed by atoms with E-state index in [1.165, 1.54) is 0 Å². The SMILES string of the molecule is CCC(=O)Nc1ccc(NC(=O)N2CCN(C[C@H](C)O)C[C@@H]2C)cc1. The van der Waals surface area contributed by atoms with Gasteiger partial charge in [0.25, 0.3) is 0 Å². The number of rotatable bonds is 5. The Labute approximate surface area is 149 Å². The van der Waals surface area contributed by atoms with Crippen molar-refractivity contribution < 1.29 is 14.7 Å². The van der Waals surface area contributed by atoms with E-state index in [2.05, 4.69) is 15.5 Å². The number of carbonyl (C=O) groups excluding carboxylic acids is 2. The minimum absolute atomic E-state index is 0.0410. The molecule has 7 nitrogen and oxygen atoms in total. The fraction of sp³-hybridized carbons (Fsp3) is 0.556. The molecule has 1 saturated heterocycles. The van der Waals surface area contributed by atoms with Crippen LogP contribution in [0, 0.1) is 0 Å². The number of piperazine rings is 1. The average Bonchev–Trinajstić information content (AvgIpc) is 2.56. The predicted molar refractivity (Wildman–Crippen MR) is 98.7 cm³/mol. The van der Waals surface area contributed by atoms with E-state index in [1.54, 1.807) is 38.1 Å². The number of benzene rings is 1. The van der Waals surface area contributed by atoms with Crippen LogP contribution >= 0.6 is 0 Å². The summed E-state index contributed by atoms with van der Waals surface area (Å²) >= 11 is 0. The number of hydrogen-bond acceptors (Lipinski definition) is 4.